The maximum absolute atomic E-state index is 11.8. The summed E-state index contributed by atoms with van der Waals surface area (Å²) < 4.78 is 0. The monoisotopic (exact) mass is 245 g/mol. The third-order valence-electron chi connectivity index (χ3n) is 2.40. The number of hydrogen-bond acceptors (Lipinski definition) is 4. The first-order valence-corrected chi connectivity index (χ1v) is 5.22. The number of aliphatic carboxylic acids is 1. The fraction of sp³-hybridized carbons (Fsp3) is 0.0833. The van der Waals surface area contributed by atoms with Crippen molar-refractivity contribution < 1.29 is 14.7 Å². The van der Waals surface area contributed by atoms with Crippen molar-refractivity contribution in [3.63, 3.8) is 0 Å². The number of rotatable bonds is 3. The number of carboxylic acids is 1. The van der Waals surface area contributed by atoms with Gasteiger partial charge in [0.05, 0.1) is 0 Å². The highest BCUT2D eigenvalue weighted by molar-refractivity contribution is 6.06. The third-order valence-corrected chi connectivity index (χ3v) is 2.40. The molecule has 0 saturated heterocycles. The van der Waals surface area contributed by atoms with E-state index in [1.807, 2.05) is 0 Å². The Bertz CT molecular complexity index is 625. The van der Waals surface area contributed by atoms with Crippen LogP contribution in [0, 0.1) is 0 Å². The summed E-state index contributed by atoms with van der Waals surface area (Å²) >= 11 is 0. The maximum Gasteiger partial charge on any atom is 0.322 e. The molecule has 0 atom stereocenters. The van der Waals surface area contributed by atoms with Gasteiger partial charge in [0.25, 0.3) is 5.91 Å². The molecule has 1 amide bonds. The fourth-order valence-corrected chi connectivity index (χ4v) is 1.62. The van der Waals surface area contributed by atoms with Gasteiger partial charge in [-0.25, -0.2) is 0 Å². The van der Waals surface area contributed by atoms with E-state index in [9.17, 15) is 9.59 Å². The second kappa shape index (κ2) is 4.70. The molecule has 6 heteroatoms. The van der Waals surface area contributed by atoms with E-state index >= 15 is 0 Å². The van der Waals surface area contributed by atoms with Gasteiger partial charge in [-0.3, -0.25) is 14.6 Å². The lowest BCUT2D eigenvalue weighted by atomic mass is 10.1. The summed E-state index contributed by atoms with van der Waals surface area (Å²) in [6, 6.07) is 6.82. The summed E-state index contributed by atoms with van der Waals surface area (Å²) in [7, 11) is 0. The maximum atomic E-state index is 11.8. The molecule has 0 fully saturated rings. The van der Waals surface area contributed by atoms with Crippen LogP contribution < -0.4 is 11.1 Å². The second-order valence-corrected chi connectivity index (χ2v) is 3.72. The zero-order valence-electron chi connectivity index (χ0n) is 9.38. The van der Waals surface area contributed by atoms with E-state index in [4.69, 9.17) is 10.8 Å². The van der Waals surface area contributed by atoms with Crippen molar-refractivity contribution in [1.82, 2.24) is 10.3 Å². The van der Waals surface area contributed by atoms with Crippen molar-refractivity contribution in [3.8, 4) is 0 Å². The van der Waals surface area contributed by atoms with Gasteiger partial charge in [-0.1, -0.05) is 0 Å². The van der Waals surface area contributed by atoms with Crippen molar-refractivity contribution in [3.05, 3.63) is 36.2 Å². The van der Waals surface area contributed by atoms with Crippen LogP contribution in [-0.2, 0) is 4.79 Å². The summed E-state index contributed by atoms with van der Waals surface area (Å²) in [6.07, 6.45) is 1.48. The number of fused-ring (bicyclic) bond motifs is 1. The van der Waals surface area contributed by atoms with E-state index in [2.05, 4.69) is 10.3 Å². The average molecular weight is 245 g/mol. The number of pyridine rings is 1. The van der Waals surface area contributed by atoms with Crippen molar-refractivity contribution >= 4 is 28.3 Å². The summed E-state index contributed by atoms with van der Waals surface area (Å²) in [4.78, 5) is 26.1. The Labute approximate surface area is 102 Å². The van der Waals surface area contributed by atoms with Crippen molar-refractivity contribution in [1.29, 1.82) is 0 Å². The minimum Gasteiger partial charge on any atom is -0.480 e. The van der Waals surface area contributed by atoms with Crippen LogP contribution >= 0.6 is 0 Å². The number of benzene rings is 1. The number of aromatic nitrogens is 1. The number of carboxylic acid groups (broad SMARTS) is 1. The lowest BCUT2D eigenvalue weighted by Gasteiger charge is -2.06. The smallest absolute Gasteiger partial charge is 0.322 e. The second-order valence-electron chi connectivity index (χ2n) is 3.72. The van der Waals surface area contributed by atoms with Crippen LogP contribution in [-0.4, -0.2) is 28.5 Å². The number of carbonyl (C=O) groups excluding carboxylic acids is 1. The van der Waals surface area contributed by atoms with Crippen LogP contribution in [0.25, 0.3) is 10.8 Å². The molecular weight excluding hydrogens is 234 g/mol. The normalized spacial score (nSPS) is 10.2. The molecule has 4 N–H and O–H groups in total. The largest absolute Gasteiger partial charge is 0.480 e. The van der Waals surface area contributed by atoms with E-state index in [-0.39, 0.29) is 5.69 Å². The lowest BCUT2D eigenvalue weighted by Crippen LogP contribution is -2.30. The van der Waals surface area contributed by atoms with Gasteiger partial charge in [0.1, 0.15) is 12.2 Å². The number of nitrogens with zero attached hydrogens (tertiary/aromatic N) is 1. The molecule has 0 radical (unpaired) electrons. The van der Waals surface area contributed by atoms with Crippen LogP contribution in [0.4, 0.5) is 5.69 Å². The van der Waals surface area contributed by atoms with Gasteiger partial charge in [0.15, 0.2) is 0 Å². The Hall–Kier alpha value is -2.63. The molecule has 0 bridgehead atoms. The molecule has 0 saturated carbocycles. The fourth-order valence-electron chi connectivity index (χ4n) is 1.62. The molecule has 0 unspecified atom stereocenters. The average Bonchev–Trinajstić information content (AvgIpc) is 2.34. The first-order chi connectivity index (χ1) is 8.58. The Morgan fingerprint density at radius 2 is 2.11 bits per heavy atom. The van der Waals surface area contributed by atoms with Gasteiger partial charge < -0.3 is 16.2 Å². The summed E-state index contributed by atoms with van der Waals surface area (Å²) in [6.45, 7) is -0.439. The van der Waals surface area contributed by atoms with Gasteiger partial charge >= 0.3 is 5.97 Å². The first-order valence-electron chi connectivity index (χ1n) is 5.22. The summed E-state index contributed by atoms with van der Waals surface area (Å²) in [5.41, 5.74) is 6.43. The zero-order chi connectivity index (χ0) is 13.1. The third kappa shape index (κ3) is 2.37. The number of hydrogen-bond donors (Lipinski definition) is 3. The zero-order valence-corrected chi connectivity index (χ0v) is 9.38. The van der Waals surface area contributed by atoms with Gasteiger partial charge in [-0.05, 0) is 29.7 Å². The van der Waals surface area contributed by atoms with E-state index < -0.39 is 18.4 Å². The van der Waals surface area contributed by atoms with Gasteiger partial charge in [-0.2, -0.15) is 0 Å². The molecule has 1 heterocycles. The topological polar surface area (TPSA) is 105 Å². The molecule has 1 aromatic heterocycles. The highest BCUT2D eigenvalue weighted by atomic mass is 16.4. The summed E-state index contributed by atoms with van der Waals surface area (Å²) in [5.74, 6) is -1.62. The lowest BCUT2D eigenvalue weighted by molar-refractivity contribution is -0.135. The standard InChI is InChI=1S/C12H11N3O3/c13-8-1-2-9-7(5-8)3-4-14-11(9)12(18)15-6-10(16)17/h1-5H,6,13H2,(H,15,18)(H,16,17). The molecule has 92 valence electrons. The van der Waals surface area contributed by atoms with Gasteiger partial charge in [-0.15, -0.1) is 0 Å². The minimum absolute atomic E-state index is 0.189. The van der Waals surface area contributed by atoms with Crippen LogP contribution in [0.1, 0.15) is 10.5 Å². The van der Waals surface area contributed by atoms with Crippen molar-refractivity contribution in [2.24, 2.45) is 0 Å². The van der Waals surface area contributed by atoms with Crippen LogP contribution in [0.3, 0.4) is 0 Å². The van der Waals surface area contributed by atoms with Gasteiger partial charge in [0.2, 0.25) is 0 Å². The van der Waals surface area contributed by atoms with E-state index in [0.717, 1.165) is 5.39 Å². The highest BCUT2D eigenvalue weighted by Crippen LogP contribution is 2.19. The van der Waals surface area contributed by atoms with Crippen molar-refractivity contribution in [2.75, 3.05) is 12.3 Å². The molecule has 0 aliphatic rings. The Kier molecular flexibility index (Phi) is 3.09. The van der Waals surface area contributed by atoms with Gasteiger partial charge in [0, 0.05) is 17.3 Å². The van der Waals surface area contributed by atoms with Crippen LogP contribution in [0.2, 0.25) is 0 Å². The SMILES string of the molecule is Nc1ccc2c(C(=O)NCC(=O)O)nccc2c1. The van der Waals surface area contributed by atoms with E-state index in [0.29, 0.717) is 11.1 Å². The number of anilines is 1. The summed E-state index contributed by atoms with van der Waals surface area (Å²) in [5, 5.41) is 12.2. The Balaban J connectivity index is 2.38. The van der Waals surface area contributed by atoms with E-state index in [1.165, 1.54) is 6.20 Å². The predicted octanol–water partition coefficient (Wildman–Crippen LogP) is 0.631. The predicted molar refractivity (Wildman–Crippen MR) is 66.1 cm³/mol. The van der Waals surface area contributed by atoms with Crippen LogP contribution in [0.5, 0.6) is 0 Å². The van der Waals surface area contributed by atoms with E-state index in [1.54, 1.807) is 24.3 Å². The molecule has 6 nitrogen and oxygen atoms in total. The molecule has 0 aliphatic heterocycles. The molecule has 0 aliphatic carbocycles. The molecule has 18 heavy (non-hydrogen) atoms. The first kappa shape index (κ1) is 11.8. The number of carbonyl (C=O) groups is 2. The van der Waals surface area contributed by atoms with Crippen molar-refractivity contribution in [2.45, 2.75) is 0 Å². The number of amides is 1. The molecule has 2 aromatic rings. The Morgan fingerprint density at radius 1 is 1.33 bits per heavy atom. The number of nitrogens with one attached hydrogen (secondary N) is 1. The molecule has 1 aromatic carbocycles. The quantitative estimate of drug-likeness (QED) is 0.688. The molecular formula is C12H11N3O3. The van der Waals surface area contributed by atoms with Crippen LogP contribution in [0.15, 0.2) is 30.5 Å². The Morgan fingerprint density at radius 3 is 2.83 bits per heavy atom. The number of nitrogen functional groups attached to an aromatic ring is 1. The minimum atomic E-state index is -1.10. The molecule has 2 rings (SSSR count). The molecule has 0 spiro atoms. The number of nitrogens with two attached hydrogens (primary N) is 1. The highest BCUT2D eigenvalue weighted by Gasteiger charge is 2.12.